The van der Waals surface area contributed by atoms with Crippen molar-refractivity contribution in [2.24, 2.45) is 0 Å². The topological polar surface area (TPSA) is 42.2 Å². The van der Waals surface area contributed by atoms with E-state index in [-0.39, 0.29) is 11.5 Å². The number of fused-ring (bicyclic) bond motifs is 1. The first-order valence-corrected chi connectivity index (χ1v) is 7.39. The van der Waals surface area contributed by atoms with Crippen molar-refractivity contribution in [3.05, 3.63) is 69.2 Å². The van der Waals surface area contributed by atoms with Gasteiger partial charge >= 0.3 is 5.97 Å². The number of rotatable bonds is 3. The Hall–Kier alpha value is -1.89. The highest BCUT2D eigenvalue weighted by Crippen LogP contribution is 2.23. The Kier molecular flexibility index (Phi) is 3.67. The second-order valence-corrected chi connectivity index (χ2v) is 6.00. The van der Waals surface area contributed by atoms with Gasteiger partial charge in [-0.3, -0.25) is 0 Å². The van der Waals surface area contributed by atoms with Crippen molar-refractivity contribution in [2.75, 3.05) is 0 Å². The first-order chi connectivity index (χ1) is 10.0. The fourth-order valence-electron chi connectivity index (χ4n) is 2.41. The molecule has 0 amide bonds. The Morgan fingerprint density at radius 3 is 2.71 bits per heavy atom. The summed E-state index contributed by atoms with van der Waals surface area (Å²) in [6, 6.07) is 13.6. The van der Waals surface area contributed by atoms with Crippen LogP contribution < -0.4 is 0 Å². The normalized spacial score (nSPS) is 11.0. The van der Waals surface area contributed by atoms with E-state index in [9.17, 15) is 14.3 Å². The van der Waals surface area contributed by atoms with Crippen LogP contribution in [0.25, 0.3) is 10.9 Å². The molecule has 1 N–H and O–H groups in total. The van der Waals surface area contributed by atoms with Crippen molar-refractivity contribution in [1.82, 2.24) is 4.57 Å². The molecule has 21 heavy (non-hydrogen) atoms. The lowest BCUT2D eigenvalue weighted by molar-refractivity contribution is 0.0686. The molecule has 0 bridgehead atoms. The molecule has 1 aromatic heterocycles. The number of halogens is 2. The van der Waals surface area contributed by atoms with Gasteiger partial charge in [-0.25, -0.2) is 9.18 Å². The smallest absolute Gasteiger partial charge is 0.352 e. The van der Waals surface area contributed by atoms with Gasteiger partial charge in [0, 0.05) is 21.0 Å². The van der Waals surface area contributed by atoms with Crippen LogP contribution in [0, 0.1) is 9.39 Å². The number of hydrogen-bond donors (Lipinski definition) is 1. The van der Waals surface area contributed by atoms with Crippen LogP contribution in [-0.2, 0) is 6.54 Å². The van der Waals surface area contributed by atoms with Gasteiger partial charge in [0.1, 0.15) is 11.5 Å². The molecule has 3 aromatic rings. The van der Waals surface area contributed by atoms with Gasteiger partial charge in [-0.05, 0) is 64.6 Å². The van der Waals surface area contributed by atoms with Crippen LogP contribution in [-0.4, -0.2) is 15.6 Å². The average molecular weight is 395 g/mol. The molecular weight excluding hydrogens is 384 g/mol. The number of nitrogens with zero attached hydrogens (tertiary/aromatic N) is 1. The van der Waals surface area contributed by atoms with Crippen LogP contribution in [0.5, 0.6) is 0 Å². The Morgan fingerprint density at radius 1 is 1.19 bits per heavy atom. The maximum atomic E-state index is 13.3. The van der Waals surface area contributed by atoms with E-state index in [1.54, 1.807) is 22.8 Å². The van der Waals surface area contributed by atoms with Gasteiger partial charge in [0.2, 0.25) is 0 Å². The zero-order valence-electron chi connectivity index (χ0n) is 10.9. The molecule has 0 spiro atoms. The summed E-state index contributed by atoms with van der Waals surface area (Å²) in [6.45, 7) is 0.323. The van der Waals surface area contributed by atoms with E-state index in [1.165, 1.54) is 12.1 Å². The average Bonchev–Trinajstić information content (AvgIpc) is 2.77. The molecule has 0 aliphatic heterocycles. The summed E-state index contributed by atoms with van der Waals surface area (Å²) in [7, 11) is 0. The van der Waals surface area contributed by atoms with Crippen LogP contribution in [0.3, 0.4) is 0 Å². The Morgan fingerprint density at radius 2 is 2.00 bits per heavy atom. The summed E-state index contributed by atoms with van der Waals surface area (Å²) in [4.78, 5) is 11.4. The standard InChI is InChI=1S/C16H11FINO2/c17-12-3-1-2-10(6-12)9-19-14-5-4-13(18)7-11(14)8-15(19)16(20)21/h1-8H,9H2,(H,20,21). The summed E-state index contributed by atoms with van der Waals surface area (Å²) in [5.41, 5.74) is 1.77. The van der Waals surface area contributed by atoms with Gasteiger partial charge in [-0.15, -0.1) is 0 Å². The minimum Gasteiger partial charge on any atom is -0.477 e. The molecule has 0 unspecified atom stereocenters. The van der Waals surface area contributed by atoms with Crippen LogP contribution in [0.15, 0.2) is 48.5 Å². The van der Waals surface area contributed by atoms with Crippen molar-refractivity contribution in [2.45, 2.75) is 6.54 Å². The lowest BCUT2D eigenvalue weighted by Crippen LogP contribution is -2.09. The lowest BCUT2D eigenvalue weighted by atomic mass is 10.2. The summed E-state index contributed by atoms with van der Waals surface area (Å²) >= 11 is 2.19. The van der Waals surface area contributed by atoms with Crippen molar-refractivity contribution in [3.63, 3.8) is 0 Å². The molecule has 5 heteroatoms. The molecule has 0 saturated carbocycles. The molecule has 1 heterocycles. The van der Waals surface area contributed by atoms with Crippen molar-refractivity contribution >= 4 is 39.5 Å². The van der Waals surface area contributed by atoms with Gasteiger partial charge in [0.25, 0.3) is 0 Å². The number of hydrogen-bond acceptors (Lipinski definition) is 1. The largest absolute Gasteiger partial charge is 0.477 e. The Labute approximate surface area is 134 Å². The van der Waals surface area contributed by atoms with E-state index in [4.69, 9.17) is 0 Å². The maximum absolute atomic E-state index is 13.3. The highest BCUT2D eigenvalue weighted by atomic mass is 127. The van der Waals surface area contributed by atoms with E-state index >= 15 is 0 Å². The van der Waals surface area contributed by atoms with Gasteiger partial charge < -0.3 is 9.67 Å². The number of aromatic nitrogens is 1. The summed E-state index contributed by atoms with van der Waals surface area (Å²) in [5, 5.41) is 10.2. The minimum absolute atomic E-state index is 0.205. The van der Waals surface area contributed by atoms with Crippen molar-refractivity contribution in [1.29, 1.82) is 0 Å². The fourth-order valence-corrected chi connectivity index (χ4v) is 2.92. The molecule has 0 saturated heterocycles. The van der Waals surface area contributed by atoms with Crippen LogP contribution in [0.2, 0.25) is 0 Å². The van der Waals surface area contributed by atoms with Crippen LogP contribution in [0.1, 0.15) is 16.1 Å². The van der Waals surface area contributed by atoms with E-state index in [1.807, 2.05) is 18.2 Å². The SMILES string of the molecule is O=C(O)c1cc2cc(I)ccc2n1Cc1cccc(F)c1. The molecule has 0 atom stereocenters. The first-order valence-electron chi connectivity index (χ1n) is 6.31. The molecular formula is C16H11FINO2. The molecule has 0 radical (unpaired) electrons. The van der Waals surface area contributed by atoms with E-state index in [0.717, 1.165) is 20.0 Å². The number of carboxylic acid groups (broad SMARTS) is 1. The lowest BCUT2D eigenvalue weighted by Gasteiger charge is -2.09. The molecule has 0 fully saturated rings. The van der Waals surface area contributed by atoms with Gasteiger partial charge in [-0.1, -0.05) is 12.1 Å². The van der Waals surface area contributed by atoms with E-state index < -0.39 is 5.97 Å². The highest BCUT2D eigenvalue weighted by Gasteiger charge is 2.15. The molecule has 3 nitrogen and oxygen atoms in total. The number of carboxylic acids is 1. The second kappa shape index (κ2) is 5.48. The maximum Gasteiger partial charge on any atom is 0.352 e. The number of benzene rings is 2. The predicted molar refractivity (Wildman–Crippen MR) is 87.1 cm³/mol. The van der Waals surface area contributed by atoms with E-state index in [2.05, 4.69) is 22.6 Å². The molecule has 0 aliphatic rings. The van der Waals surface area contributed by atoms with Gasteiger partial charge in [0.15, 0.2) is 0 Å². The van der Waals surface area contributed by atoms with E-state index in [0.29, 0.717) is 6.54 Å². The monoisotopic (exact) mass is 395 g/mol. The van der Waals surface area contributed by atoms with Crippen LogP contribution in [0.4, 0.5) is 4.39 Å². The number of carbonyl (C=O) groups is 1. The summed E-state index contributed by atoms with van der Waals surface area (Å²) in [5.74, 6) is -1.31. The fraction of sp³-hybridized carbons (Fsp3) is 0.0625. The third-order valence-electron chi connectivity index (χ3n) is 3.31. The van der Waals surface area contributed by atoms with Gasteiger partial charge in [0.05, 0.1) is 0 Å². The van der Waals surface area contributed by atoms with Crippen molar-refractivity contribution in [3.8, 4) is 0 Å². The Bertz CT molecular complexity index is 841. The molecule has 0 aliphatic carbocycles. The highest BCUT2D eigenvalue weighted by molar-refractivity contribution is 14.1. The zero-order chi connectivity index (χ0) is 15.0. The molecule has 106 valence electrons. The summed E-state index contributed by atoms with van der Waals surface area (Å²) < 4.78 is 16.0. The quantitative estimate of drug-likeness (QED) is 0.678. The van der Waals surface area contributed by atoms with Gasteiger partial charge in [-0.2, -0.15) is 0 Å². The first kappa shape index (κ1) is 14.1. The number of aromatic carboxylic acids is 1. The second-order valence-electron chi connectivity index (χ2n) is 4.75. The minimum atomic E-state index is -0.988. The summed E-state index contributed by atoms with van der Waals surface area (Å²) in [6.07, 6.45) is 0. The molecule has 2 aromatic carbocycles. The zero-order valence-corrected chi connectivity index (χ0v) is 13.0. The third kappa shape index (κ3) is 2.78. The third-order valence-corrected chi connectivity index (χ3v) is 3.98. The molecule has 3 rings (SSSR count). The van der Waals surface area contributed by atoms with Crippen molar-refractivity contribution < 1.29 is 14.3 Å². The Balaban J connectivity index is 2.15. The predicted octanol–water partition coefficient (Wildman–Crippen LogP) is 4.13. The van der Waals surface area contributed by atoms with Crippen LogP contribution >= 0.6 is 22.6 Å².